The van der Waals surface area contributed by atoms with Gasteiger partial charge in [-0.05, 0) is 12.1 Å². The average molecular weight is 269 g/mol. The Bertz CT molecular complexity index is 379. The smallest absolute Gasteiger partial charge is 0.122 e. The summed E-state index contributed by atoms with van der Waals surface area (Å²) < 4.78 is 10.2. The van der Waals surface area contributed by atoms with Gasteiger partial charge in [-0.2, -0.15) is 0 Å². The number of hydrogen-bond donors (Lipinski definition) is 1. The minimum absolute atomic E-state index is 0.301. The van der Waals surface area contributed by atoms with Gasteiger partial charge < -0.3 is 20.1 Å². The maximum absolute atomic E-state index is 5.58. The van der Waals surface area contributed by atoms with E-state index >= 15 is 0 Å². The van der Waals surface area contributed by atoms with Crippen LogP contribution in [0.1, 0.15) is 5.69 Å². The number of rotatable bonds is 8. The SMILES string of the molecule is COCCN(CCOC)c1ccnc(C(N)=S)c1. The molecule has 0 aliphatic rings. The van der Waals surface area contributed by atoms with Gasteiger partial charge >= 0.3 is 0 Å². The molecular weight excluding hydrogens is 250 g/mol. The summed E-state index contributed by atoms with van der Waals surface area (Å²) in [5.41, 5.74) is 7.23. The third kappa shape index (κ3) is 4.56. The van der Waals surface area contributed by atoms with Gasteiger partial charge in [0.25, 0.3) is 0 Å². The number of pyridine rings is 1. The first-order valence-corrected chi connectivity index (χ1v) is 6.08. The van der Waals surface area contributed by atoms with E-state index in [1.165, 1.54) is 0 Å². The summed E-state index contributed by atoms with van der Waals surface area (Å²) in [6.07, 6.45) is 1.70. The number of ether oxygens (including phenoxy) is 2. The predicted octanol–water partition coefficient (Wildman–Crippen LogP) is 0.815. The van der Waals surface area contributed by atoms with Crippen molar-refractivity contribution in [3.8, 4) is 0 Å². The summed E-state index contributed by atoms with van der Waals surface area (Å²) >= 11 is 4.93. The third-order valence-electron chi connectivity index (χ3n) is 2.49. The standard InChI is InChI=1S/C12H19N3O2S/c1-16-7-5-15(6-8-17-2)10-3-4-14-11(9-10)12(13)18/h3-4,9H,5-8H2,1-2H3,(H2,13,18). The molecule has 100 valence electrons. The van der Waals surface area contributed by atoms with Crippen LogP contribution in [0.15, 0.2) is 18.3 Å². The van der Waals surface area contributed by atoms with E-state index < -0.39 is 0 Å². The van der Waals surface area contributed by atoms with Gasteiger partial charge in [0, 0.05) is 39.2 Å². The van der Waals surface area contributed by atoms with Crippen LogP contribution in [0.5, 0.6) is 0 Å². The van der Waals surface area contributed by atoms with Crippen molar-refractivity contribution in [1.82, 2.24) is 4.98 Å². The van der Waals surface area contributed by atoms with Crippen molar-refractivity contribution < 1.29 is 9.47 Å². The molecule has 0 aliphatic heterocycles. The zero-order valence-electron chi connectivity index (χ0n) is 10.8. The summed E-state index contributed by atoms with van der Waals surface area (Å²) in [4.78, 5) is 6.58. The lowest BCUT2D eigenvalue weighted by Crippen LogP contribution is -2.31. The zero-order valence-corrected chi connectivity index (χ0v) is 11.6. The van der Waals surface area contributed by atoms with Crippen LogP contribution in [-0.2, 0) is 9.47 Å². The fourth-order valence-electron chi connectivity index (χ4n) is 1.52. The summed E-state index contributed by atoms with van der Waals surface area (Å²) in [5, 5.41) is 0. The van der Waals surface area contributed by atoms with Crippen LogP contribution in [0, 0.1) is 0 Å². The van der Waals surface area contributed by atoms with E-state index in [1.807, 2.05) is 12.1 Å². The Morgan fingerprint density at radius 3 is 2.44 bits per heavy atom. The molecule has 6 heteroatoms. The second-order valence-electron chi connectivity index (χ2n) is 3.74. The van der Waals surface area contributed by atoms with Crippen LogP contribution in [0.25, 0.3) is 0 Å². The van der Waals surface area contributed by atoms with E-state index in [4.69, 9.17) is 27.4 Å². The number of nitrogens with two attached hydrogens (primary N) is 1. The summed E-state index contributed by atoms with van der Waals surface area (Å²) in [6, 6.07) is 3.81. The zero-order chi connectivity index (χ0) is 13.4. The molecular formula is C12H19N3O2S. The maximum atomic E-state index is 5.58. The van der Waals surface area contributed by atoms with Crippen molar-refractivity contribution in [2.24, 2.45) is 5.73 Å². The molecule has 1 aromatic heterocycles. The van der Waals surface area contributed by atoms with Gasteiger partial charge in [0.2, 0.25) is 0 Å². The molecule has 2 N–H and O–H groups in total. The number of aromatic nitrogens is 1. The molecule has 0 radical (unpaired) electrons. The van der Waals surface area contributed by atoms with E-state index in [0.717, 1.165) is 18.8 Å². The highest BCUT2D eigenvalue weighted by atomic mass is 32.1. The van der Waals surface area contributed by atoms with E-state index in [9.17, 15) is 0 Å². The van der Waals surface area contributed by atoms with Gasteiger partial charge in [0.1, 0.15) is 4.99 Å². The van der Waals surface area contributed by atoms with Crippen molar-refractivity contribution >= 4 is 22.9 Å². The van der Waals surface area contributed by atoms with Gasteiger partial charge in [-0.1, -0.05) is 12.2 Å². The lowest BCUT2D eigenvalue weighted by molar-refractivity contribution is 0.190. The molecule has 0 amide bonds. The summed E-state index contributed by atoms with van der Waals surface area (Å²) in [7, 11) is 3.36. The lowest BCUT2D eigenvalue weighted by Gasteiger charge is -2.24. The van der Waals surface area contributed by atoms with E-state index in [0.29, 0.717) is 23.9 Å². The molecule has 0 aromatic carbocycles. The van der Waals surface area contributed by atoms with Gasteiger partial charge in [0.15, 0.2) is 0 Å². The molecule has 1 rings (SSSR count). The average Bonchev–Trinajstić information content (AvgIpc) is 2.39. The molecule has 0 bridgehead atoms. The topological polar surface area (TPSA) is 60.6 Å². The molecule has 0 fully saturated rings. The van der Waals surface area contributed by atoms with Gasteiger partial charge in [0.05, 0.1) is 18.9 Å². The fraction of sp³-hybridized carbons (Fsp3) is 0.500. The second-order valence-corrected chi connectivity index (χ2v) is 4.18. The van der Waals surface area contributed by atoms with Crippen LogP contribution >= 0.6 is 12.2 Å². The monoisotopic (exact) mass is 269 g/mol. The Kier molecular flexibility index (Phi) is 6.56. The first-order chi connectivity index (χ1) is 8.69. The van der Waals surface area contributed by atoms with Gasteiger partial charge in [-0.25, -0.2) is 0 Å². The highest BCUT2D eigenvalue weighted by Gasteiger charge is 2.08. The minimum atomic E-state index is 0.301. The Morgan fingerprint density at radius 1 is 1.33 bits per heavy atom. The molecule has 5 nitrogen and oxygen atoms in total. The lowest BCUT2D eigenvalue weighted by atomic mass is 10.3. The van der Waals surface area contributed by atoms with Gasteiger partial charge in [-0.15, -0.1) is 0 Å². The molecule has 1 heterocycles. The fourth-order valence-corrected chi connectivity index (χ4v) is 1.64. The number of anilines is 1. The van der Waals surface area contributed by atoms with Crippen LogP contribution in [0.4, 0.5) is 5.69 Å². The first kappa shape index (κ1) is 14.8. The Hall–Kier alpha value is -1.24. The van der Waals surface area contributed by atoms with E-state index in [1.54, 1.807) is 20.4 Å². The summed E-state index contributed by atoms with van der Waals surface area (Å²) in [5.74, 6) is 0. The van der Waals surface area contributed by atoms with Crippen molar-refractivity contribution in [2.45, 2.75) is 0 Å². The molecule has 0 saturated carbocycles. The van der Waals surface area contributed by atoms with Crippen LogP contribution < -0.4 is 10.6 Å². The molecule has 18 heavy (non-hydrogen) atoms. The first-order valence-electron chi connectivity index (χ1n) is 5.67. The highest BCUT2D eigenvalue weighted by Crippen LogP contribution is 2.14. The summed E-state index contributed by atoms with van der Waals surface area (Å²) in [6.45, 7) is 2.85. The second kappa shape index (κ2) is 7.97. The minimum Gasteiger partial charge on any atom is -0.388 e. The Labute approximate surface area is 113 Å². The normalized spacial score (nSPS) is 10.3. The predicted molar refractivity (Wildman–Crippen MR) is 76.1 cm³/mol. The molecule has 0 atom stereocenters. The number of thiocarbonyl (C=S) groups is 1. The quantitative estimate of drug-likeness (QED) is 0.705. The van der Waals surface area contributed by atoms with E-state index in [-0.39, 0.29) is 0 Å². The van der Waals surface area contributed by atoms with Crippen molar-refractivity contribution in [2.75, 3.05) is 45.4 Å². The van der Waals surface area contributed by atoms with Crippen LogP contribution in [0.3, 0.4) is 0 Å². The van der Waals surface area contributed by atoms with Crippen LogP contribution in [0.2, 0.25) is 0 Å². The maximum Gasteiger partial charge on any atom is 0.122 e. The Balaban J connectivity index is 2.82. The number of nitrogens with zero attached hydrogens (tertiary/aromatic N) is 2. The molecule has 0 spiro atoms. The van der Waals surface area contributed by atoms with Crippen LogP contribution in [-0.4, -0.2) is 50.5 Å². The van der Waals surface area contributed by atoms with Gasteiger partial charge in [-0.3, -0.25) is 4.98 Å². The third-order valence-corrected chi connectivity index (χ3v) is 2.70. The molecule has 1 aromatic rings. The number of methoxy groups -OCH3 is 2. The molecule has 0 saturated heterocycles. The molecule has 0 unspecified atom stereocenters. The highest BCUT2D eigenvalue weighted by molar-refractivity contribution is 7.80. The molecule has 0 aliphatic carbocycles. The van der Waals surface area contributed by atoms with Crippen molar-refractivity contribution in [3.63, 3.8) is 0 Å². The van der Waals surface area contributed by atoms with E-state index in [2.05, 4.69) is 9.88 Å². The largest absolute Gasteiger partial charge is 0.388 e. The Morgan fingerprint density at radius 2 is 1.94 bits per heavy atom. The number of hydrogen-bond acceptors (Lipinski definition) is 5. The van der Waals surface area contributed by atoms with Crippen molar-refractivity contribution in [1.29, 1.82) is 0 Å². The van der Waals surface area contributed by atoms with Crippen molar-refractivity contribution in [3.05, 3.63) is 24.0 Å².